The van der Waals surface area contributed by atoms with E-state index in [2.05, 4.69) is 10.6 Å². The Morgan fingerprint density at radius 3 is 2.31 bits per heavy atom. The van der Waals surface area contributed by atoms with Gasteiger partial charge in [0, 0.05) is 12.5 Å². The quantitative estimate of drug-likeness (QED) is 0.617. The van der Waals surface area contributed by atoms with Gasteiger partial charge in [-0.2, -0.15) is 0 Å². The van der Waals surface area contributed by atoms with E-state index in [1.807, 2.05) is 13.8 Å². The Hall–Kier alpha value is -0.900. The molecule has 4 nitrogen and oxygen atoms in total. The predicted octanol–water partition coefficient (Wildman–Crippen LogP) is 0.0797. The summed E-state index contributed by atoms with van der Waals surface area (Å²) in [5, 5.41) is 5.50. The second-order valence-corrected chi connectivity index (χ2v) is 3.20. The molecule has 76 valence electrons. The van der Waals surface area contributed by atoms with Crippen molar-refractivity contribution < 1.29 is 9.59 Å². The summed E-state index contributed by atoms with van der Waals surface area (Å²) >= 11 is 0. The molecule has 0 spiro atoms. The highest BCUT2D eigenvalue weighted by Crippen LogP contribution is 1.78. The summed E-state index contributed by atoms with van der Waals surface area (Å²) in [7, 11) is 0. The van der Waals surface area contributed by atoms with Gasteiger partial charge in [-0.3, -0.25) is 9.59 Å². The van der Waals surface area contributed by atoms with E-state index in [4.69, 9.17) is 0 Å². The Kier molecular flexibility index (Phi) is 6.14. The Bertz CT molecular complexity index is 178. The zero-order valence-corrected chi connectivity index (χ0v) is 8.52. The zero-order valence-electron chi connectivity index (χ0n) is 8.52. The second kappa shape index (κ2) is 6.60. The molecule has 0 aromatic heterocycles. The van der Waals surface area contributed by atoms with Gasteiger partial charge in [0.25, 0.3) is 0 Å². The largest absolute Gasteiger partial charge is 0.348 e. The first-order valence-electron chi connectivity index (χ1n) is 4.58. The molecule has 2 N–H and O–H groups in total. The van der Waals surface area contributed by atoms with Crippen molar-refractivity contribution in [2.45, 2.75) is 33.2 Å². The lowest BCUT2D eigenvalue weighted by Gasteiger charge is -2.07. The Labute approximate surface area is 79.1 Å². The molecule has 0 bridgehead atoms. The van der Waals surface area contributed by atoms with Gasteiger partial charge in [-0.25, -0.2) is 0 Å². The molecule has 0 atom stereocenters. The van der Waals surface area contributed by atoms with E-state index in [1.54, 1.807) is 6.92 Å². The molecular weight excluding hydrogens is 168 g/mol. The smallest absolute Gasteiger partial charge is 0.234 e. The van der Waals surface area contributed by atoms with Crippen molar-refractivity contribution in [3.63, 3.8) is 0 Å². The molecule has 0 radical (unpaired) electrons. The summed E-state index contributed by atoms with van der Waals surface area (Å²) in [5.74, 6) is -0.0756. The molecule has 0 aromatic rings. The van der Waals surface area contributed by atoms with Crippen LogP contribution in [0.25, 0.3) is 0 Å². The molecule has 0 saturated carbocycles. The minimum atomic E-state index is -0.129. The number of rotatable bonds is 6. The maximum absolute atomic E-state index is 11.0. The van der Waals surface area contributed by atoms with Crippen LogP contribution in [0.15, 0.2) is 0 Å². The summed E-state index contributed by atoms with van der Waals surface area (Å²) in [4.78, 5) is 21.9. The van der Waals surface area contributed by atoms with Gasteiger partial charge < -0.3 is 10.6 Å². The normalized spacial score (nSPS) is 10.2. The van der Waals surface area contributed by atoms with Gasteiger partial charge in [-0.1, -0.05) is 20.8 Å². The molecule has 0 aliphatic carbocycles. The van der Waals surface area contributed by atoms with Crippen LogP contribution >= 0.6 is 0 Å². The lowest BCUT2D eigenvalue weighted by atomic mass is 10.3. The number of hydrogen-bond acceptors (Lipinski definition) is 3. The lowest BCUT2D eigenvalue weighted by Crippen LogP contribution is -2.38. The maximum atomic E-state index is 11.0. The molecule has 0 heterocycles. The van der Waals surface area contributed by atoms with E-state index in [0.29, 0.717) is 6.42 Å². The Morgan fingerprint density at radius 1 is 1.23 bits per heavy atom. The third-order valence-electron chi connectivity index (χ3n) is 1.55. The van der Waals surface area contributed by atoms with E-state index in [0.717, 1.165) is 0 Å². The van der Waals surface area contributed by atoms with Crippen LogP contribution in [0.1, 0.15) is 27.2 Å². The van der Waals surface area contributed by atoms with E-state index in [9.17, 15) is 9.59 Å². The highest BCUT2D eigenvalue weighted by atomic mass is 16.2. The monoisotopic (exact) mass is 186 g/mol. The van der Waals surface area contributed by atoms with Gasteiger partial charge >= 0.3 is 0 Å². The minimum absolute atomic E-state index is 0.0536. The predicted molar refractivity (Wildman–Crippen MR) is 51.4 cm³/mol. The van der Waals surface area contributed by atoms with Crippen LogP contribution in [0.5, 0.6) is 0 Å². The summed E-state index contributed by atoms with van der Waals surface area (Å²) in [6, 6.07) is 0.285. The molecule has 0 unspecified atom stereocenters. The van der Waals surface area contributed by atoms with Gasteiger partial charge in [0.05, 0.1) is 13.1 Å². The van der Waals surface area contributed by atoms with Gasteiger partial charge in [-0.05, 0) is 0 Å². The van der Waals surface area contributed by atoms with Crippen LogP contribution in [0.3, 0.4) is 0 Å². The van der Waals surface area contributed by atoms with Crippen molar-refractivity contribution >= 4 is 11.7 Å². The topological polar surface area (TPSA) is 58.2 Å². The van der Waals surface area contributed by atoms with Crippen molar-refractivity contribution in [3.8, 4) is 0 Å². The SMILES string of the molecule is CCC(=O)CNC(=O)CNC(C)C. The summed E-state index contributed by atoms with van der Waals surface area (Å²) < 4.78 is 0. The molecule has 0 rings (SSSR count). The summed E-state index contributed by atoms with van der Waals surface area (Å²) in [5.41, 5.74) is 0. The number of Topliss-reactive ketones (excluding diaryl/α,β-unsaturated/α-hetero) is 1. The summed E-state index contributed by atoms with van der Waals surface area (Å²) in [6.07, 6.45) is 0.470. The van der Waals surface area contributed by atoms with Gasteiger partial charge in [0.2, 0.25) is 5.91 Å². The van der Waals surface area contributed by atoms with Gasteiger partial charge in [0.1, 0.15) is 0 Å². The highest BCUT2D eigenvalue weighted by Gasteiger charge is 2.03. The number of nitrogens with one attached hydrogen (secondary N) is 2. The van der Waals surface area contributed by atoms with Crippen molar-refractivity contribution in [1.82, 2.24) is 10.6 Å². The van der Waals surface area contributed by atoms with Gasteiger partial charge in [0.15, 0.2) is 5.78 Å². The standard InChI is InChI=1S/C9H18N2O2/c1-4-8(12)5-11-9(13)6-10-7(2)3/h7,10H,4-6H2,1-3H3,(H,11,13). The van der Waals surface area contributed by atoms with Crippen molar-refractivity contribution in [2.24, 2.45) is 0 Å². The number of carbonyl (C=O) groups excluding carboxylic acids is 2. The van der Waals surface area contributed by atoms with E-state index >= 15 is 0 Å². The van der Waals surface area contributed by atoms with E-state index in [-0.39, 0.29) is 30.8 Å². The Balaban J connectivity index is 3.46. The van der Waals surface area contributed by atoms with Crippen LogP contribution < -0.4 is 10.6 Å². The van der Waals surface area contributed by atoms with E-state index in [1.165, 1.54) is 0 Å². The molecule has 0 aromatic carbocycles. The highest BCUT2D eigenvalue weighted by molar-refractivity contribution is 5.86. The molecule has 0 saturated heterocycles. The van der Waals surface area contributed by atoms with Crippen molar-refractivity contribution in [1.29, 1.82) is 0 Å². The van der Waals surface area contributed by atoms with Crippen LogP contribution in [-0.4, -0.2) is 30.8 Å². The fraction of sp³-hybridized carbons (Fsp3) is 0.778. The molecular formula is C9H18N2O2. The van der Waals surface area contributed by atoms with E-state index < -0.39 is 0 Å². The molecule has 13 heavy (non-hydrogen) atoms. The zero-order chi connectivity index (χ0) is 10.3. The average Bonchev–Trinajstić information content (AvgIpc) is 2.10. The summed E-state index contributed by atoms with van der Waals surface area (Å²) in [6.45, 7) is 6.12. The first-order chi connectivity index (χ1) is 6.06. The fourth-order valence-electron chi connectivity index (χ4n) is 0.681. The number of carbonyl (C=O) groups is 2. The third-order valence-corrected chi connectivity index (χ3v) is 1.55. The average molecular weight is 186 g/mol. The van der Waals surface area contributed by atoms with Crippen LogP contribution in [0.2, 0.25) is 0 Å². The first-order valence-corrected chi connectivity index (χ1v) is 4.58. The minimum Gasteiger partial charge on any atom is -0.348 e. The third kappa shape index (κ3) is 7.46. The van der Waals surface area contributed by atoms with Crippen molar-refractivity contribution in [2.75, 3.05) is 13.1 Å². The number of hydrogen-bond donors (Lipinski definition) is 2. The van der Waals surface area contributed by atoms with Gasteiger partial charge in [-0.15, -0.1) is 0 Å². The van der Waals surface area contributed by atoms with Crippen LogP contribution in [-0.2, 0) is 9.59 Å². The Morgan fingerprint density at radius 2 is 1.85 bits per heavy atom. The second-order valence-electron chi connectivity index (χ2n) is 3.20. The first kappa shape index (κ1) is 12.1. The molecule has 1 amide bonds. The molecule has 4 heteroatoms. The van der Waals surface area contributed by atoms with Crippen LogP contribution in [0, 0.1) is 0 Å². The lowest BCUT2D eigenvalue weighted by molar-refractivity contribution is -0.124. The molecule has 0 aliphatic heterocycles. The molecule has 0 aliphatic rings. The number of ketones is 1. The molecule has 0 fully saturated rings. The van der Waals surface area contributed by atoms with Crippen molar-refractivity contribution in [3.05, 3.63) is 0 Å². The maximum Gasteiger partial charge on any atom is 0.234 e. The van der Waals surface area contributed by atoms with Crippen LogP contribution in [0.4, 0.5) is 0 Å². The fourth-order valence-corrected chi connectivity index (χ4v) is 0.681. The number of amides is 1.